The number of fused-ring (bicyclic) bond motifs is 2. The van der Waals surface area contributed by atoms with Gasteiger partial charge in [-0.2, -0.15) is 0 Å². The molecule has 11 nitrogen and oxygen atoms in total. The zero-order valence-corrected chi connectivity index (χ0v) is 26.1. The first-order chi connectivity index (χ1) is 18.6. The summed E-state index contributed by atoms with van der Waals surface area (Å²) in [5.41, 5.74) is 9.26. The van der Waals surface area contributed by atoms with Crippen LogP contribution in [0.3, 0.4) is 0 Å². The number of aliphatic imine (C=N–C) groups is 2. The fourth-order valence-corrected chi connectivity index (χ4v) is 6.04. The van der Waals surface area contributed by atoms with Gasteiger partial charge in [0.05, 0.1) is 36.3 Å². The van der Waals surface area contributed by atoms with Gasteiger partial charge in [0, 0.05) is 36.0 Å². The molecule has 4 atom stereocenters. The Balaban J connectivity index is 0.000000179. The molecule has 2 aliphatic heterocycles. The largest absolute Gasteiger partial charge is 0.481 e. The SMILES string of the molecule is Cl.Clc1ncc2c(n1)CN=C2Br.N[C@@H]1CC[C@@H](C(=O)O)C1.O=C(O)[C@@H]1CC[C@@H](Cc2ncc3c(n2)CN=C3Br)C1. The molecule has 6 rings (SSSR count). The van der Waals surface area contributed by atoms with Gasteiger partial charge in [-0.3, -0.25) is 19.6 Å². The summed E-state index contributed by atoms with van der Waals surface area (Å²) in [5.74, 6) is -0.508. The number of carbonyl (C=O) groups is 2. The van der Waals surface area contributed by atoms with E-state index in [1.54, 1.807) is 6.20 Å². The molecule has 216 valence electrons. The van der Waals surface area contributed by atoms with Gasteiger partial charge in [-0.15, -0.1) is 12.4 Å². The van der Waals surface area contributed by atoms with E-state index in [-0.39, 0.29) is 35.6 Å². The third kappa shape index (κ3) is 8.48. The van der Waals surface area contributed by atoms with Crippen LogP contribution in [0, 0.1) is 17.8 Å². The van der Waals surface area contributed by atoms with Crippen molar-refractivity contribution < 1.29 is 19.8 Å². The van der Waals surface area contributed by atoms with Crippen molar-refractivity contribution in [2.75, 3.05) is 0 Å². The molecule has 0 amide bonds. The van der Waals surface area contributed by atoms with E-state index in [4.69, 9.17) is 27.5 Å². The second-order valence-electron chi connectivity index (χ2n) is 9.89. The van der Waals surface area contributed by atoms with E-state index in [2.05, 4.69) is 61.8 Å². The Hall–Kier alpha value is -2.06. The van der Waals surface area contributed by atoms with Crippen LogP contribution in [-0.4, -0.2) is 57.4 Å². The second kappa shape index (κ2) is 14.7. The predicted octanol–water partition coefficient (Wildman–Crippen LogP) is 4.58. The molecule has 4 aliphatic rings. The maximum Gasteiger partial charge on any atom is 0.306 e. The summed E-state index contributed by atoms with van der Waals surface area (Å²) < 4.78 is 1.63. The Bertz CT molecular complexity index is 1310. The number of nitrogens with zero attached hydrogens (tertiary/aromatic N) is 6. The van der Waals surface area contributed by atoms with Gasteiger partial charge in [-0.1, -0.05) is 0 Å². The quantitative estimate of drug-likeness (QED) is 0.382. The van der Waals surface area contributed by atoms with Crippen LogP contribution >= 0.6 is 55.9 Å². The normalized spacial score (nSPS) is 23.8. The average Bonchev–Trinajstić information content (AvgIpc) is 3.69. The summed E-state index contributed by atoms with van der Waals surface area (Å²) in [4.78, 5) is 46.4. The Morgan fingerprint density at radius 2 is 1.43 bits per heavy atom. The molecule has 0 unspecified atom stereocenters. The van der Waals surface area contributed by atoms with Crippen molar-refractivity contribution in [1.29, 1.82) is 0 Å². The molecule has 2 aromatic heterocycles. The van der Waals surface area contributed by atoms with E-state index in [0.717, 1.165) is 76.1 Å². The van der Waals surface area contributed by atoms with E-state index in [0.29, 0.717) is 25.4 Å². The minimum atomic E-state index is -0.692. The standard InChI is InChI=1S/C13H14BrN3O2.C6H3BrClN3.C6H11NO2.ClH/c14-12-9-5-15-11(17-10(9)6-16-12)4-7-1-2-8(3-7)13(18)19;7-5-3-1-10-6(8)11-4(3)2-9-5;7-5-2-1-4(3-5)6(8)9;/h5,7-8H,1-4,6H2,(H,18,19);1H,2H2;4-5H,1-3,7H2,(H,8,9);1H/t7-,8-;;4-,5-;/m1.1./s1. The smallest absolute Gasteiger partial charge is 0.306 e. The summed E-state index contributed by atoms with van der Waals surface area (Å²) >= 11 is 12.2. The monoisotopic (exact) mass is 719 g/mol. The van der Waals surface area contributed by atoms with Crippen LogP contribution in [0.25, 0.3) is 0 Å². The van der Waals surface area contributed by atoms with E-state index in [9.17, 15) is 9.59 Å². The summed E-state index contributed by atoms with van der Waals surface area (Å²) in [7, 11) is 0. The number of halogens is 4. The lowest BCUT2D eigenvalue weighted by atomic mass is 10.0. The third-order valence-electron chi connectivity index (χ3n) is 7.12. The van der Waals surface area contributed by atoms with Crippen LogP contribution in [0.4, 0.5) is 0 Å². The predicted molar refractivity (Wildman–Crippen MR) is 160 cm³/mol. The van der Waals surface area contributed by atoms with Crippen LogP contribution in [0.1, 0.15) is 66.9 Å². The average molecular weight is 722 g/mol. The van der Waals surface area contributed by atoms with Gasteiger partial charge in [0.25, 0.3) is 0 Å². The maximum atomic E-state index is 10.9. The molecule has 0 bridgehead atoms. The van der Waals surface area contributed by atoms with Crippen molar-refractivity contribution in [3.8, 4) is 0 Å². The van der Waals surface area contributed by atoms with Crippen LogP contribution in [0.15, 0.2) is 22.4 Å². The molecule has 2 saturated carbocycles. The van der Waals surface area contributed by atoms with Crippen molar-refractivity contribution in [2.45, 2.75) is 64.1 Å². The van der Waals surface area contributed by atoms with Gasteiger partial charge >= 0.3 is 11.9 Å². The van der Waals surface area contributed by atoms with Crippen molar-refractivity contribution in [2.24, 2.45) is 33.5 Å². The van der Waals surface area contributed by atoms with Crippen LogP contribution in [0.2, 0.25) is 5.28 Å². The number of rotatable bonds is 4. The summed E-state index contributed by atoms with van der Waals surface area (Å²) in [5, 5.41) is 17.8. The maximum absolute atomic E-state index is 10.9. The summed E-state index contributed by atoms with van der Waals surface area (Å²) in [6, 6.07) is 0.131. The Kier molecular flexibility index (Phi) is 11.9. The van der Waals surface area contributed by atoms with E-state index < -0.39 is 11.9 Å². The molecular formula is C25H29Br2Cl2N7O4. The van der Waals surface area contributed by atoms with Crippen molar-refractivity contribution in [3.63, 3.8) is 0 Å². The highest BCUT2D eigenvalue weighted by molar-refractivity contribution is 9.18. The highest BCUT2D eigenvalue weighted by Crippen LogP contribution is 2.33. The van der Waals surface area contributed by atoms with Gasteiger partial charge < -0.3 is 15.9 Å². The molecule has 40 heavy (non-hydrogen) atoms. The molecule has 4 N–H and O–H groups in total. The number of aliphatic carboxylic acids is 2. The van der Waals surface area contributed by atoms with E-state index in [1.165, 1.54) is 0 Å². The number of aromatic nitrogens is 4. The summed E-state index contributed by atoms with van der Waals surface area (Å²) in [6.07, 6.45) is 9.03. The number of hydrogen-bond donors (Lipinski definition) is 3. The fourth-order valence-electron chi connectivity index (χ4n) is 4.98. The van der Waals surface area contributed by atoms with Crippen LogP contribution in [-0.2, 0) is 29.1 Å². The first kappa shape index (κ1) is 32.5. The van der Waals surface area contributed by atoms with Gasteiger partial charge in [-0.25, -0.2) is 19.9 Å². The Morgan fingerprint density at radius 3 is 1.95 bits per heavy atom. The molecule has 2 aromatic rings. The number of carboxylic acid groups (broad SMARTS) is 2. The van der Waals surface area contributed by atoms with Crippen molar-refractivity contribution in [3.05, 3.63) is 46.0 Å². The molecule has 0 radical (unpaired) electrons. The highest BCUT2D eigenvalue weighted by Gasteiger charge is 2.30. The Morgan fingerprint density at radius 1 is 0.875 bits per heavy atom. The van der Waals surface area contributed by atoms with Crippen LogP contribution < -0.4 is 5.73 Å². The number of nitrogens with two attached hydrogens (primary N) is 1. The molecule has 15 heteroatoms. The summed E-state index contributed by atoms with van der Waals surface area (Å²) in [6.45, 7) is 1.20. The topological polar surface area (TPSA) is 177 Å². The highest BCUT2D eigenvalue weighted by atomic mass is 79.9. The van der Waals surface area contributed by atoms with E-state index in [1.807, 2.05) is 6.20 Å². The Labute approximate surface area is 259 Å². The molecule has 0 aromatic carbocycles. The zero-order chi connectivity index (χ0) is 28.1. The third-order valence-corrected chi connectivity index (χ3v) is 8.66. The second-order valence-corrected chi connectivity index (χ2v) is 11.7. The lowest BCUT2D eigenvalue weighted by molar-refractivity contribution is -0.142. The minimum Gasteiger partial charge on any atom is -0.481 e. The zero-order valence-electron chi connectivity index (χ0n) is 21.3. The van der Waals surface area contributed by atoms with Crippen molar-refractivity contribution in [1.82, 2.24) is 19.9 Å². The van der Waals surface area contributed by atoms with Crippen LogP contribution in [0.5, 0.6) is 0 Å². The van der Waals surface area contributed by atoms with Gasteiger partial charge in [0.15, 0.2) is 0 Å². The van der Waals surface area contributed by atoms with Gasteiger partial charge in [-0.05, 0) is 87.9 Å². The number of carboxylic acids is 2. The molecule has 4 heterocycles. The molecule has 2 fully saturated rings. The molecule has 0 spiro atoms. The van der Waals surface area contributed by atoms with Gasteiger partial charge in [0.2, 0.25) is 5.28 Å². The first-order valence-corrected chi connectivity index (χ1v) is 14.5. The molecular weight excluding hydrogens is 693 g/mol. The number of hydrogen-bond acceptors (Lipinski definition) is 9. The first-order valence-electron chi connectivity index (χ1n) is 12.6. The van der Waals surface area contributed by atoms with Crippen molar-refractivity contribution >= 4 is 77.0 Å². The lowest BCUT2D eigenvalue weighted by Gasteiger charge is -2.09. The molecule has 2 aliphatic carbocycles. The minimum absolute atomic E-state index is 0. The van der Waals surface area contributed by atoms with E-state index >= 15 is 0 Å². The fraction of sp³-hybridized carbons (Fsp3) is 0.520. The molecule has 0 saturated heterocycles. The van der Waals surface area contributed by atoms with Gasteiger partial charge in [0.1, 0.15) is 15.1 Å². The lowest BCUT2D eigenvalue weighted by Crippen LogP contribution is -2.17.